The molecule has 68 heavy (non-hydrogen) atoms. The molecule has 0 saturated heterocycles. The fraction of sp³-hybridized carbons (Fsp3) is 0.774. The summed E-state index contributed by atoms with van der Waals surface area (Å²) < 4.78 is 5.94. The molecule has 0 heterocycles. The molecule has 0 aromatic rings. The maximum atomic E-state index is 13.3. The van der Waals surface area contributed by atoms with Gasteiger partial charge in [-0.15, -0.1) is 0 Å². The van der Waals surface area contributed by atoms with Gasteiger partial charge in [0.05, 0.1) is 25.2 Å². The van der Waals surface area contributed by atoms with E-state index in [1.165, 1.54) is 154 Å². The van der Waals surface area contributed by atoms with Crippen molar-refractivity contribution in [1.82, 2.24) is 5.32 Å². The van der Waals surface area contributed by atoms with Crippen LogP contribution in [0.15, 0.2) is 72.9 Å². The zero-order valence-electron chi connectivity index (χ0n) is 45.0. The molecule has 0 radical (unpaired) electrons. The number of carbonyl (C=O) groups excluding carboxylic acids is 2. The summed E-state index contributed by atoms with van der Waals surface area (Å²) >= 11 is 0. The summed E-state index contributed by atoms with van der Waals surface area (Å²) in [5, 5.41) is 23.9. The second-order valence-corrected chi connectivity index (χ2v) is 19.7. The standard InChI is InChI=1S/C62H111NO5/c1-4-7-10-13-16-19-22-25-28-30-33-35-38-41-44-47-50-53-58(68-62(67)55-52-49-46-43-40-37-34-31-29-26-23-20-17-14-11-8-5-2)56-61(66)63-59(57-64)60(65)54-51-48-45-42-39-36-32-27-24-21-18-15-12-9-6-3/h7,10,16,19,25-26,28-29,33,35,41,44,58-60,64-65H,4-6,8-9,11-15,17-18,20-24,27,30-32,34,36-40,42-43,45-57H2,1-3H3,(H,63,66)/b10-7-,19-16-,28-25-,29-26+,35-33-,44-41-. The molecule has 394 valence electrons. The van der Waals surface area contributed by atoms with E-state index in [2.05, 4.69) is 99.0 Å². The Balaban J connectivity index is 4.66. The number of allylic oxidation sites excluding steroid dienone is 12. The van der Waals surface area contributed by atoms with Crippen LogP contribution in [0.3, 0.4) is 0 Å². The van der Waals surface area contributed by atoms with E-state index in [9.17, 15) is 19.8 Å². The highest BCUT2D eigenvalue weighted by Crippen LogP contribution is 2.18. The zero-order valence-corrected chi connectivity index (χ0v) is 45.0. The average molecular weight is 951 g/mol. The number of hydrogen-bond donors (Lipinski definition) is 3. The number of aliphatic hydroxyl groups is 2. The van der Waals surface area contributed by atoms with Crippen LogP contribution in [0.25, 0.3) is 0 Å². The van der Waals surface area contributed by atoms with E-state index in [4.69, 9.17) is 4.74 Å². The van der Waals surface area contributed by atoms with Gasteiger partial charge in [0.1, 0.15) is 6.10 Å². The number of nitrogens with one attached hydrogen (secondary N) is 1. The molecular weight excluding hydrogens is 839 g/mol. The van der Waals surface area contributed by atoms with Crippen LogP contribution in [0.5, 0.6) is 0 Å². The SMILES string of the molecule is CC/C=C\C/C=C\C/C=C\C/C=C\C/C=C\CCCC(CC(=O)NC(CO)C(O)CCCCCCCCCCCCCCCCC)OC(=O)CCCCCCCCC/C=C/CCCCCCCC. The van der Waals surface area contributed by atoms with Crippen LogP contribution in [0.1, 0.15) is 284 Å². The van der Waals surface area contributed by atoms with E-state index < -0.39 is 18.2 Å². The number of carbonyl (C=O) groups is 2. The van der Waals surface area contributed by atoms with Gasteiger partial charge in [-0.3, -0.25) is 9.59 Å². The lowest BCUT2D eigenvalue weighted by Gasteiger charge is -2.24. The average Bonchev–Trinajstić information content (AvgIpc) is 3.33. The number of rotatable bonds is 52. The van der Waals surface area contributed by atoms with Crippen molar-refractivity contribution in [1.29, 1.82) is 0 Å². The Morgan fingerprint density at radius 3 is 1.25 bits per heavy atom. The van der Waals surface area contributed by atoms with Gasteiger partial charge in [0.2, 0.25) is 5.91 Å². The van der Waals surface area contributed by atoms with Crippen LogP contribution in [-0.4, -0.2) is 46.9 Å². The van der Waals surface area contributed by atoms with Crippen molar-refractivity contribution in [3.8, 4) is 0 Å². The van der Waals surface area contributed by atoms with Crippen molar-refractivity contribution < 1.29 is 24.5 Å². The summed E-state index contributed by atoms with van der Waals surface area (Å²) in [6, 6.07) is -0.724. The highest BCUT2D eigenvalue weighted by Gasteiger charge is 2.24. The predicted molar refractivity (Wildman–Crippen MR) is 296 cm³/mol. The van der Waals surface area contributed by atoms with Crippen LogP contribution < -0.4 is 5.32 Å². The number of ether oxygens (including phenoxy) is 1. The first-order valence-electron chi connectivity index (χ1n) is 29.2. The van der Waals surface area contributed by atoms with E-state index in [1.54, 1.807) is 0 Å². The number of amides is 1. The predicted octanol–water partition coefficient (Wildman–Crippen LogP) is 18.1. The molecular formula is C62H111NO5. The summed E-state index contributed by atoms with van der Waals surface area (Å²) in [6.45, 7) is 6.37. The minimum atomic E-state index is -0.807. The van der Waals surface area contributed by atoms with Gasteiger partial charge in [-0.05, 0) is 89.9 Å². The molecule has 6 heteroatoms. The van der Waals surface area contributed by atoms with E-state index in [1.807, 2.05) is 0 Å². The minimum absolute atomic E-state index is 0.0355. The van der Waals surface area contributed by atoms with Gasteiger partial charge in [-0.1, -0.05) is 254 Å². The Morgan fingerprint density at radius 2 is 0.809 bits per heavy atom. The van der Waals surface area contributed by atoms with Gasteiger partial charge < -0.3 is 20.3 Å². The van der Waals surface area contributed by atoms with E-state index in [-0.39, 0.29) is 24.9 Å². The first-order valence-corrected chi connectivity index (χ1v) is 29.2. The lowest BCUT2D eigenvalue weighted by Crippen LogP contribution is -2.46. The molecule has 1 amide bonds. The van der Waals surface area contributed by atoms with Crippen molar-refractivity contribution in [2.45, 2.75) is 302 Å². The molecule has 3 N–H and O–H groups in total. The molecule has 3 unspecified atom stereocenters. The van der Waals surface area contributed by atoms with Crippen LogP contribution in [0, 0.1) is 0 Å². The summed E-state index contributed by atoms with van der Waals surface area (Å²) in [5.74, 6) is -0.530. The summed E-state index contributed by atoms with van der Waals surface area (Å²) in [5.41, 5.74) is 0. The number of aliphatic hydroxyl groups excluding tert-OH is 2. The number of unbranched alkanes of at least 4 members (excludes halogenated alkanes) is 28. The molecule has 6 nitrogen and oxygen atoms in total. The van der Waals surface area contributed by atoms with Gasteiger partial charge >= 0.3 is 5.97 Å². The summed E-state index contributed by atoms with van der Waals surface area (Å²) in [6.07, 6.45) is 71.1. The Morgan fingerprint density at radius 1 is 0.441 bits per heavy atom. The summed E-state index contributed by atoms with van der Waals surface area (Å²) in [7, 11) is 0. The third-order valence-corrected chi connectivity index (χ3v) is 13.0. The summed E-state index contributed by atoms with van der Waals surface area (Å²) in [4.78, 5) is 26.3. The molecule has 0 aliphatic carbocycles. The van der Waals surface area contributed by atoms with Gasteiger partial charge in [0.15, 0.2) is 0 Å². The molecule has 0 fully saturated rings. The Hall–Kier alpha value is -2.70. The van der Waals surface area contributed by atoms with Gasteiger partial charge in [0, 0.05) is 6.42 Å². The zero-order chi connectivity index (χ0) is 49.5. The monoisotopic (exact) mass is 950 g/mol. The lowest BCUT2D eigenvalue weighted by atomic mass is 10.0. The highest BCUT2D eigenvalue weighted by molar-refractivity contribution is 5.77. The first kappa shape index (κ1) is 65.3. The lowest BCUT2D eigenvalue weighted by molar-refractivity contribution is -0.151. The van der Waals surface area contributed by atoms with E-state index >= 15 is 0 Å². The largest absolute Gasteiger partial charge is 0.462 e. The number of hydrogen-bond acceptors (Lipinski definition) is 5. The van der Waals surface area contributed by atoms with Crippen LogP contribution in [0.2, 0.25) is 0 Å². The second kappa shape index (κ2) is 55.2. The molecule has 0 aliphatic heterocycles. The molecule has 3 atom stereocenters. The van der Waals surface area contributed by atoms with Crippen molar-refractivity contribution in [2.75, 3.05) is 6.61 Å². The minimum Gasteiger partial charge on any atom is -0.462 e. The third-order valence-electron chi connectivity index (χ3n) is 13.0. The van der Waals surface area contributed by atoms with Crippen LogP contribution in [-0.2, 0) is 14.3 Å². The van der Waals surface area contributed by atoms with Crippen LogP contribution in [0.4, 0.5) is 0 Å². The van der Waals surface area contributed by atoms with Gasteiger partial charge in [-0.2, -0.15) is 0 Å². The van der Waals surface area contributed by atoms with Gasteiger partial charge in [-0.25, -0.2) is 0 Å². The van der Waals surface area contributed by atoms with Crippen LogP contribution >= 0.6 is 0 Å². The van der Waals surface area contributed by atoms with Gasteiger partial charge in [0.25, 0.3) is 0 Å². The second-order valence-electron chi connectivity index (χ2n) is 19.7. The topological polar surface area (TPSA) is 95.9 Å². The highest BCUT2D eigenvalue weighted by atomic mass is 16.5. The Kier molecular flexibility index (Phi) is 53.0. The fourth-order valence-electron chi connectivity index (χ4n) is 8.64. The maximum Gasteiger partial charge on any atom is 0.306 e. The van der Waals surface area contributed by atoms with Crippen molar-refractivity contribution >= 4 is 11.9 Å². The van der Waals surface area contributed by atoms with E-state index in [0.29, 0.717) is 19.3 Å². The molecule has 0 rings (SSSR count). The molecule has 0 aromatic heterocycles. The fourth-order valence-corrected chi connectivity index (χ4v) is 8.64. The maximum absolute atomic E-state index is 13.3. The third kappa shape index (κ3) is 49.7. The van der Waals surface area contributed by atoms with Crippen molar-refractivity contribution in [2.24, 2.45) is 0 Å². The normalized spacial score (nSPS) is 13.7. The quantitative estimate of drug-likeness (QED) is 0.0321. The first-order chi connectivity index (χ1) is 33.5. The smallest absolute Gasteiger partial charge is 0.306 e. The molecule has 0 bridgehead atoms. The Labute approximate surface area is 421 Å². The Bertz CT molecular complexity index is 1250. The molecule has 0 saturated carbocycles. The van der Waals surface area contributed by atoms with Crippen molar-refractivity contribution in [3.63, 3.8) is 0 Å². The van der Waals surface area contributed by atoms with E-state index in [0.717, 1.165) is 83.5 Å². The molecule has 0 spiro atoms. The molecule has 0 aromatic carbocycles. The molecule has 0 aliphatic rings. The van der Waals surface area contributed by atoms with Crippen molar-refractivity contribution in [3.05, 3.63) is 72.9 Å². The number of esters is 1.